The quantitative estimate of drug-likeness (QED) is 0.433. The summed E-state index contributed by atoms with van der Waals surface area (Å²) in [5.74, 6) is -0.917. The molecule has 3 N–H and O–H groups in total. The van der Waals surface area contributed by atoms with Crippen molar-refractivity contribution >= 4 is 5.97 Å². The minimum Gasteiger partial charge on any atom is -0.477 e. The van der Waals surface area contributed by atoms with Crippen LogP contribution in [0, 0.1) is 0 Å². The Morgan fingerprint density at radius 3 is 1.92 bits per heavy atom. The second kappa shape index (κ2) is 5.08. The number of rotatable bonds is 6. The van der Waals surface area contributed by atoms with Gasteiger partial charge in [-0.05, 0) is 0 Å². The normalized spacial score (nSPS) is 11.6. The summed E-state index contributed by atoms with van der Waals surface area (Å²) in [5.41, 5.74) is 0. The van der Waals surface area contributed by atoms with Crippen molar-refractivity contribution in [3.8, 4) is 0 Å². The monoisotopic (exact) mass is 178 g/mol. The van der Waals surface area contributed by atoms with Crippen LogP contribution < -0.4 is 0 Å². The Hall–Kier alpha value is -0.650. The Kier molecular flexibility index (Phi) is 4.80. The molecule has 12 heavy (non-hydrogen) atoms. The van der Waals surface area contributed by atoms with Gasteiger partial charge in [-0.25, -0.2) is 4.79 Å². The van der Waals surface area contributed by atoms with Gasteiger partial charge in [-0.15, -0.1) is 0 Å². The number of carbonyl (C=O) groups is 1. The van der Waals surface area contributed by atoms with Crippen LogP contribution in [0.4, 0.5) is 0 Å². The Morgan fingerprint density at radius 2 is 1.67 bits per heavy atom. The average Bonchev–Trinajstić information content (AvgIpc) is 1.85. The van der Waals surface area contributed by atoms with Crippen molar-refractivity contribution in [2.24, 2.45) is 0 Å². The first-order valence-electron chi connectivity index (χ1n) is 3.81. The summed E-state index contributed by atoms with van der Waals surface area (Å²) >= 11 is 0. The molecular formula is C7H16NO4+. The van der Waals surface area contributed by atoms with Crippen LogP contribution in [0.1, 0.15) is 0 Å². The fourth-order valence-corrected chi connectivity index (χ4v) is 1.08. The van der Waals surface area contributed by atoms with E-state index in [0.717, 1.165) is 0 Å². The van der Waals surface area contributed by atoms with E-state index >= 15 is 0 Å². The third kappa shape index (κ3) is 4.27. The van der Waals surface area contributed by atoms with Gasteiger partial charge < -0.3 is 19.8 Å². The lowest BCUT2D eigenvalue weighted by Crippen LogP contribution is -2.51. The van der Waals surface area contributed by atoms with Gasteiger partial charge in [0.2, 0.25) is 0 Å². The lowest BCUT2D eigenvalue weighted by Gasteiger charge is -2.31. The van der Waals surface area contributed by atoms with Crippen molar-refractivity contribution in [3.63, 3.8) is 0 Å². The second-order valence-corrected chi connectivity index (χ2v) is 3.07. The van der Waals surface area contributed by atoms with E-state index in [1.807, 2.05) is 0 Å². The first-order chi connectivity index (χ1) is 5.54. The summed E-state index contributed by atoms with van der Waals surface area (Å²) in [5, 5.41) is 25.8. The largest absolute Gasteiger partial charge is 0.477 e. The van der Waals surface area contributed by atoms with Crippen LogP contribution in [0.3, 0.4) is 0 Å². The highest BCUT2D eigenvalue weighted by Crippen LogP contribution is 1.99. The Bertz CT molecular complexity index is 142. The first-order valence-corrected chi connectivity index (χ1v) is 3.81. The molecule has 0 aliphatic rings. The Morgan fingerprint density at radius 1 is 1.25 bits per heavy atom. The maximum atomic E-state index is 10.4. The van der Waals surface area contributed by atoms with E-state index in [0.29, 0.717) is 13.1 Å². The molecule has 0 fully saturated rings. The summed E-state index contributed by atoms with van der Waals surface area (Å²) in [7, 11) is 1.69. The number of carboxylic acid groups (broad SMARTS) is 1. The van der Waals surface area contributed by atoms with Crippen LogP contribution in [0.2, 0.25) is 0 Å². The summed E-state index contributed by atoms with van der Waals surface area (Å²) in [6, 6.07) is 0. The van der Waals surface area contributed by atoms with Gasteiger partial charge in [-0.1, -0.05) is 0 Å². The van der Waals surface area contributed by atoms with E-state index in [9.17, 15) is 4.79 Å². The van der Waals surface area contributed by atoms with E-state index in [1.54, 1.807) is 7.05 Å². The van der Waals surface area contributed by atoms with Crippen molar-refractivity contribution in [1.82, 2.24) is 0 Å². The summed E-state index contributed by atoms with van der Waals surface area (Å²) in [6.45, 7) is 0.508. The van der Waals surface area contributed by atoms with Gasteiger partial charge in [0.05, 0.1) is 20.3 Å². The summed E-state index contributed by atoms with van der Waals surface area (Å²) in [6.07, 6.45) is 0. The van der Waals surface area contributed by atoms with Gasteiger partial charge in [0.15, 0.2) is 6.54 Å². The van der Waals surface area contributed by atoms with Crippen LogP contribution in [0.25, 0.3) is 0 Å². The number of aliphatic carboxylic acids is 1. The number of hydrogen-bond acceptors (Lipinski definition) is 3. The second-order valence-electron chi connectivity index (χ2n) is 3.07. The molecule has 0 aromatic rings. The molecule has 72 valence electrons. The average molecular weight is 178 g/mol. The maximum absolute atomic E-state index is 10.4. The van der Waals surface area contributed by atoms with Crippen LogP contribution in [0.15, 0.2) is 0 Å². The predicted octanol–water partition coefficient (Wildman–Crippen LogP) is -1.50. The number of quaternary nitrogens is 1. The van der Waals surface area contributed by atoms with Gasteiger partial charge in [0.1, 0.15) is 13.1 Å². The molecule has 0 saturated carbocycles. The zero-order chi connectivity index (χ0) is 9.61. The van der Waals surface area contributed by atoms with Crippen molar-refractivity contribution in [2.45, 2.75) is 0 Å². The minimum atomic E-state index is -0.917. The topological polar surface area (TPSA) is 77.8 Å². The first kappa shape index (κ1) is 11.4. The molecule has 5 nitrogen and oxygen atoms in total. The predicted molar refractivity (Wildman–Crippen MR) is 42.6 cm³/mol. The van der Waals surface area contributed by atoms with Gasteiger partial charge in [-0.3, -0.25) is 0 Å². The van der Waals surface area contributed by atoms with Gasteiger partial charge in [0, 0.05) is 0 Å². The van der Waals surface area contributed by atoms with Crippen molar-refractivity contribution in [2.75, 3.05) is 39.9 Å². The highest BCUT2D eigenvalue weighted by atomic mass is 16.4. The molecule has 0 heterocycles. The van der Waals surface area contributed by atoms with E-state index in [-0.39, 0.29) is 24.2 Å². The van der Waals surface area contributed by atoms with Crippen LogP contribution in [-0.4, -0.2) is 65.7 Å². The number of hydrogen-bond donors (Lipinski definition) is 3. The minimum absolute atomic E-state index is 0.0657. The fraction of sp³-hybridized carbons (Fsp3) is 0.857. The highest BCUT2D eigenvalue weighted by Gasteiger charge is 2.23. The number of likely N-dealkylation sites (N-methyl/N-ethyl adjacent to an activating group) is 1. The molecule has 0 unspecified atom stereocenters. The lowest BCUT2D eigenvalue weighted by molar-refractivity contribution is -0.903. The number of aliphatic hydroxyl groups excluding tert-OH is 2. The Balaban J connectivity index is 4.07. The zero-order valence-electron chi connectivity index (χ0n) is 7.23. The number of carboxylic acids is 1. The zero-order valence-corrected chi connectivity index (χ0v) is 7.23. The number of nitrogens with zero attached hydrogens (tertiary/aromatic N) is 1. The molecule has 0 bridgehead atoms. The third-order valence-electron chi connectivity index (χ3n) is 1.80. The third-order valence-corrected chi connectivity index (χ3v) is 1.80. The highest BCUT2D eigenvalue weighted by molar-refractivity contribution is 5.67. The standard InChI is InChI=1S/C7H15NO4/c1-8(2-4-9,3-5-10)6-7(11)12/h9-10H,2-6H2,1H3/p+1. The van der Waals surface area contributed by atoms with Crippen LogP contribution in [0.5, 0.6) is 0 Å². The molecule has 0 spiro atoms. The molecule has 0 aliphatic heterocycles. The molecule has 5 heteroatoms. The fourth-order valence-electron chi connectivity index (χ4n) is 1.08. The maximum Gasteiger partial charge on any atom is 0.359 e. The summed E-state index contributed by atoms with van der Waals surface area (Å²) < 4.78 is 0.169. The molecule has 0 rings (SSSR count). The molecule has 0 aliphatic carbocycles. The van der Waals surface area contributed by atoms with Crippen molar-refractivity contribution in [1.29, 1.82) is 0 Å². The Labute approximate surface area is 71.4 Å². The molecule has 0 atom stereocenters. The van der Waals surface area contributed by atoms with E-state index in [4.69, 9.17) is 15.3 Å². The van der Waals surface area contributed by atoms with Gasteiger partial charge in [-0.2, -0.15) is 0 Å². The van der Waals surface area contributed by atoms with Crippen LogP contribution in [-0.2, 0) is 4.79 Å². The van der Waals surface area contributed by atoms with E-state index in [2.05, 4.69) is 0 Å². The van der Waals surface area contributed by atoms with Crippen LogP contribution >= 0.6 is 0 Å². The van der Waals surface area contributed by atoms with E-state index in [1.165, 1.54) is 0 Å². The molecule has 0 aromatic carbocycles. The van der Waals surface area contributed by atoms with Crippen molar-refractivity contribution in [3.05, 3.63) is 0 Å². The van der Waals surface area contributed by atoms with Gasteiger partial charge >= 0.3 is 5.97 Å². The SMILES string of the molecule is C[N+](CCO)(CCO)CC(=O)O. The van der Waals surface area contributed by atoms with Crippen molar-refractivity contribution < 1.29 is 24.6 Å². The lowest BCUT2D eigenvalue weighted by atomic mass is 10.3. The number of aliphatic hydroxyl groups is 2. The molecule has 0 aromatic heterocycles. The summed E-state index contributed by atoms with van der Waals surface area (Å²) in [4.78, 5) is 10.4. The molecule has 0 amide bonds. The molecular weight excluding hydrogens is 162 g/mol. The molecule has 0 saturated heterocycles. The molecule has 0 radical (unpaired) electrons. The van der Waals surface area contributed by atoms with Gasteiger partial charge in [0.25, 0.3) is 0 Å². The smallest absolute Gasteiger partial charge is 0.359 e. The van der Waals surface area contributed by atoms with E-state index < -0.39 is 5.97 Å².